The Labute approximate surface area is 147 Å². The van der Waals surface area contributed by atoms with E-state index in [2.05, 4.69) is 5.32 Å². The second kappa shape index (κ2) is 7.68. The summed E-state index contributed by atoms with van der Waals surface area (Å²) in [6, 6.07) is 10.7. The van der Waals surface area contributed by atoms with E-state index in [-0.39, 0.29) is 21.8 Å². The van der Waals surface area contributed by atoms with E-state index in [9.17, 15) is 9.59 Å². The summed E-state index contributed by atoms with van der Waals surface area (Å²) in [4.78, 5) is 23.7. The molecule has 122 valence electrons. The summed E-state index contributed by atoms with van der Waals surface area (Å²) < 4.78 is 4.90. The van der Waals surface area contributed by atoms with E-state index >= 15 is 0 Å². The molecule has 0 bridgehead atoms. The fourth-order valence-corrected chi connectivity index (χ4v) is 2.19. The summed E-state index contributed by atoms with van der Waals surface area (Å²) in [6.07, 6.45) is 0. The van der Waals surface area contributed by atoms with Crippen LogP contribution in [0.5, 0.6) is 0 Å². The van der Waals surface area contributed by atoms with Crippen molar-refractivity contribution in [1.29, 1.82) is 5.26 Å². The first-order valence-corrected chi connectivity index (χ1v) is 7.38. The Bertz CT molecular complexity index is 847. The van der Waals surface area contributed by atoms with E-state index < -0.39 is 18.5 Å². The molecule has 0 unspecified atom stereocenters. The van der Waals surface area contributed by atoms with Gasteiger partial charge in [-0.05, 0) is 36.4 Å². The number of rotatable bonds is 4. The van der Waals surface area contributed by atoms with Crippen LogP contribution in [0.1, 0.15) is 15.9 Å². The number of ether oxygens (including phenoxy) is 1. The number of carbonyl (C=O) groups is 2. The lowest BCUT2D eigenvalue weighted by atomic mass is 10.2. The predicted octanol–water partition coefficient (Wildman–Crippen LogP) is 3.24. The molecule has 0 saturated carbocycles. The molecule has 0 aliphatic heterocycles. The molecule has 8 heteroatoms. The number of nitrogens with one attached hydrogen (secondary N) is 1. The molecule has 24 heavy (non-hydrogen) atoms. The quantitative estimate of drug-likeness (QED) is 0.640. The molecule has 0 aliphatic carbocycles. The fourth-order valence-electron chi connectivity index (χ4n) is 1.79. The number of anilines is 2. The van der Waals surface area contributed by atoms with Gasteiger partial charge in [0.25, 0.3) is 5.91 Å². The van der Waals surface area contributed by atoms with Crippen molar-refractivity contribution in [3.63, 3.8) is 0 Å². The number of carbonyl (C=O) groups excluding carboxylic acids is 2. The second-order valence-corrected chi connectivity index (χ2v) is 5.51. The molecule has 0 fully saturated rings. The highest BCUT2D eigenvalue weighted by Crippen LogP contribution is 2.21. The van der Waals surface area contributed by atoms with Gasteiger partial charge in [-0.25, -0.2) is 4.79 Å². The third kappa shape index (κ3) is 4.38. The van der Waals surface area contributed by atoms with Gasteiger partial charge in [-0.15, -0.1) is 0 Å². The fraction of sp³-hybridized carbons (Fsp3) is 0.0625. The SMILES string of the molecule is N#Cc1ccc(NC(=O)COC(=O)c2cc(Cl)ccc2N)cc1Cl. The molecular formula is C16H11Cl2N3O3. The van der Waals surface area contributed by atoms with Gasteiger partial charge in [0, 0.05) is 16.4 Å². The van der Waals surface area contributed by atoms with E-state index in [0.29, 0.717) is 10.7 Å². The second-order valence-electron chi connectivity index (χ2n) is 4.66. The summed E-state index contributed by atoms with van der Waals surface area (Å²) in [7, 11) is 0. The summed E-state index contributed by atoms with van der Waals surface area (Å²) in [5, 5.41) is 11.8. The maximum Gasteiger partial charge on any atom is 0.340 e. The topological polar surface area (TPSA) is 105 Å². The van der Waals surface area contributed by atoms with E-state index in [1.54, 1.807) is 0 Å². The number of benzene rings is 2. The summed E-state index contributed by atoms with van der Waals surface area (Å²) in [6.45, 7) is -0.512. The smallest absolute Gasteiger partial charge is 0.340 e. The molecule has 0 heterocycles. The van der Waals surface area contributed by atoms with Gasteiger partial charge in [-0.1, -0.05) is 23.2 Å². The normalized spacial score (nSPS) is 9.88. The first kappa shape index (κ1) is 17.6. The van der Waals surface area contributed by atoms with Crippen LogP contribution in [0.2, 0.25) is 10.0 Å². The van der Waals surface area contributed by atoms with Crippen LogP contribution in [0.15, 0.2) is 36.4 Å². The highest BCUT2D eigenvalue weighted by Gasteiger charge is 2.14. The number of nitrogen functional groups attached to an aromatic ring is 1. The van der Waals surface area contributed by atoms with E-state index in [1.165, 1.54) is 36.4 Å². The zero-order valence-corrected chi connectivity index (χ0v) is 13.7. The van der Waals surface area contributed by atoms with Crippen molar-refractivity contribution in [3.05, 3.63) is 57.6 Å². The number of nitrogens with two attached hydrogens (primary N) is 1. The average Bonchev–Trinajstić information content (AvgIpc) is 2.55. The van der Waals surface area contributed by atoms with E-state index in [1.807, 2.05) is 6.07 Å². The molecule has 0 spiro atoms. The number of nitrogens with zero attached hydrogens (tertiary/aromatic N) is 1. The van der Waals surface area contributed by atoms with Crippen molar-refractivity contribution < 1.29 is 14.3 Å². The van der Waals surface area contributed by atoms with Crippen LogP contribution in [0.4, 0.5) is 11.4 Å². The van der Waals surface area contributed by atoms with Crippen molar-refractivity contribution in [3.8, 4) is 6.07 Å². The molecule has 2 rings (SSSR count). The van der Waals surface area contributed by atoms with Crippen molar-refractivity contribution in [2.24, 2.45) is 0 Å². The van der Waals surface area contributed by atoms with Crippen LogP contribution in [0, 0.1) is 11.3 Å². The Hall–Kier alpha value is -2.75. The number of halogens is 2. The van der Waals surface area contributed by atoms with Crippen molar-refractivity contribution in [2.45, 2.75) is 0 Å². The Morgan fingerprint density at radius 2 is 1.96 bits per heavy atom. The van der Waals surface area contributed by atoms with Gasteiger partial charge in [0.05, 0.1) is 16.1 Å². The van der Waals surface area contributed by atoms with Crippen LogP contribution < -0.4 is 11.1 Å². The third-order valence-corrected chi connectivity index (χ3v) is 3.49. The van der Waals surface area contributed by atoms with Crippen molar-refractivity contribution in [2.75, 3.05) is 17.7 Å². The molecule has 0 saturated heterocycles. The minimum atomic E-state index is -0.761. The van der Waals surface area contributed by atoms with Gasteiger partial charge in [0.1, 0.15) is 6.07 Å². The molecular weight excluding hydrogens is 353 g/mol. The Kier molecular flexibility index (Phi) is 5.64. The number of hydrogen-bond acceptors (Lipinski definition) is 5. The average molecular weight is 364 g/mol. The standard InChI is InChI=1S/C16H11Cl2N3O3/c17-10-2-4-14(20)12(5-10)16(23)24-8-15(22)21-11-3-1-9(7-19)13(18)6-11/h1-6H,8,20H2,(H,21,22). The maximum atomic E-state index is 11.9. The molecule has 3 N–H and O–H groups in total. The van der Waals surface area contributed by atoms with Crippen LogP contribution in [-0.4, -0.2) is 18.5 Å². The number of esters is 1. The third-order valence-electron chi connectivity index (χ3n) is 2.94. The van der Waals surface area contributed by atoms with Crippen LogP contribution in [-0.2, 0) is 9.53 Å². The predicted molar refractivity (Wildman–Crippen MR) is 90.9 cm³/mol. The summed E-state index contributed by atoms with van der Waals surface area (Å²) in [5.41, 5.74) is 6.61. The zero-order valence-electron chi connectivity index (χ0n) is 12.2. The van der Waals surface area contributed by atoms with Gasteiger partial charge in [-0.2, -0.15) is 5.26 Å². The van der Waals surface area contributed by atoms with E-state index in [0.717, 1.165) is 0 Å². The molecule has 0 aromatic heterocycles. The number of nitriles is 1. The first-order valence-electron chi connectivity index (χ1n) is 6.62. The minimum absolute atomic E-state index is 0.0803. The summed E-state index contributed by atoms with van der Waals surface area (Å²) in [5.74, 6) is -1.33. The van der Waals surface area contributed by atoms with Gasteiger partial charge < -0.3 is 15.8 Å². The zero-order chi connectivity index (χ0) is 17.7. The molecule has 1 amide bonds. The minimum Gasteiger partial charge on any atom is -0.452 e. The molecule has 2 aromatic rings. The maximum absolute atomic E-state index is 11.9. The lowest BCUT2D eigenvalue weighted by Gasteiger charge is -2.09. The summed E-state index contributed by atoms with van der Waals surface area (Å²) >= 11 is 11.7. The molecule has 0 atom stereocenters. The lowest BCUT2D eigenvalue weighted by Crippen LogP contribution is -2.21. The number of amides is 1. The van der Waals surface area contributed by atoms with Crippen LogP contribution >= 0.6 is 23.2 Å². The van der Waals surface area contributed by atoms with Crippen LogP contribution in [0.25, 0.3) is 0 Å². The van der Waals surface area contributed by atoms with Crippen molar-refractivity contribution in [1.82, 2.24) is 0 Å². The number of hydrogen-bond donors (Lipinski definition) is 2. The monoisotopic (exact) mass is 363 g/mol. The van der Waals surface area contributed by atoms with Gasteiger partial charge in [-0.3, -0.25) is 4.79 Å². The molecule has 6 nitrogen and oxygen atoms in total. The van der Waals surface area contributed by atoms with Crippen LogP contribution in [0.3, 0.4) is 0 Å². The Morgan fingerprint density at radius 1 is 1.21 bits per heavy atom. The lowest BCUT2D eigenvalue weighted by molar-refractivity contribution is -0.119. The van der Waals surface area contributed by atoms with Crippen molar-refractivity contribution >= 4 is 46.5 Å². The van der Waals surface area contributed by atoms with Gasteiger partial charge >= 0.3 is 5.97 Å². The molecule has 0 aliphatic rings. The Morgan fingerprint density at radius 3 is 2.62 bits per heavy atom. The first-order chi connectivity index (χ1) is 11.4. The van der Waals surface area contributed by atoms with E-state index in [4.69, 9.17) is 38.9 Å². The highest BCUT2D eigenvalue weighted by molar-refractivity contribution is 6.32. The largest absolute Gasteiger partial charge is 0.452 e. The molecule has 2 aromatic carbocycles. The molecule has 0 radical (unpaired) electrons. The van der Waals surface area contributed by atoms with Gasteiger partial charge in [0.2, 0.25) is 0 Å². The highest BCUT2D eigenvalue weighted by atomic mass is 35.5. The Balaban J connectivity index is 1.96. The van der Waals surface area contributed by atoms with Gasteiger partial charge in [0.15, 0.2) is 6.61 Å².